The zero-order valence-corrected chi connectivity index (χ0v) is 10.7. The average Bonchev–Trinajstić information content (AvgIpc) is 2.23. The molecule has 1 aliphatic carbocycles. The summed E-state index contributed by atoms with van der Waals surface area (Å²) in [6, 6.07) is 0. The number of hydrogen-bond donors (Lipinski definition) is 2. The van der Waals surface area contributed by atoms with Crippen molar-refractivity contribution in [3.05, 3.63) is 0 Å². The Morgan fingerprint density at radius 3 is 2.65 bits per heavy atom. The van der Waals surface area contributed by atoms with Gasteiger partial charge < -0.3 is 14.9 Å². The molecule has 1 aliphatic rings. The van der Waals surface area contributed by atoms with Gasteiger partial charge in [-0.05, 0) is 18.8 Å². The molecule has 0 aromatic rings. The first-order chi connectivity index (χ1) is 8.06. The molecule has 0 bridgehead atoms. The predicted molar refractivity (Wildman–Crippen MR) is 64.8 cm³/mol. The van der Waals surface area contributed by atoms with Crippen molar-refractivity contribution in [1.82, 2.24) is 0 Å². The molecule has 0 amide bonds. The molecule has 0 aromatic heterocycles. The zero-order chi connectivity index (χ0) is 12.7. The maximum Gasteiger partial charge on any atom is 0.303 e. The molecule has 1 rings (SSSR count). The fourth-order valence-corrected chi connectivity index (χ4v) is 2.21. The largest absolute Gasteiger partial charge is 0.481 e. The number of ether oxygens (including phenoxy) is 1. The van der Waals surface area contributed by atoms with Crippen molar-refractivity contribution in [2.45, 2.75) is 45.4 Å². The average molecular weight is 244 g/mol. The predicted octanol–water partition coefficient (Wildman–Crippen LogP) is 2.06. The molecule has 17 heavy (non-hydrogen) atoms. The van der Waals surface area contributed by atoms with Crippen molar-refractivity contribution in [2.24, 2.45) is 11.3 Å². The first-order valence-corrected chi connectivity index (χ1v) is 6.46. The van der Waals surface area contributed by atoms with Crippen LogP contribution in [0.1, 0.15) is 45.4 Å². The number of carboxylic acids is 1. The normalized spacial score (nSPS) is 19.6. The van der Waals surface area contributed by atoms with Crippen LogP contribution in [-0.4, -0.2) is 36.0 Å². The molecule has 4 heteroatoms. The van der Waals surface area contributed by atoms with Crippen molar-refractivity contribution in [3.63, 3.8) is 0 Å². The van der Waals surface area contributed by atoms with Gasteiger partial charge in [0.1, 0.15) is 0 Å². The summed E-state index contributed by atoms with van der Waals surface area (Å²) in [6.07, 6.45) is 5.57. The Kier molecular flexibility index (Phi) is 5.92. The van der Waals surface area contributed by atoms with Crippen LogP contribution in [0.4, 0.5) is 0 Å². The summed E-state index contributed by atoms with van der Waals surface area (Å²) in [4.78, 5) is 10.3. The van der Waals surface area contributed by atoms with Gasteiger partial charge in [-0.2, -0.15) is 0 Å². The van der Waals surface area contributed by atoms with Crippen LogP contribution in [0.2, 0.25) is 0 Å². The number of aliphatic hydroxyl groups excluding tert-OH is 1. The number of carboxylic acid groups (broad SMARTS) is 1. The van der Waals surface area contributed by atoms with E-state index in [1.165, 1.54) is 19.3 Å². The molecule has 0 spiro atoms. The molecule has 0 aliphatic heterocycles. The van der Waals surface area contributed by atoms with Crippen LogP contribution < -0.4 is 0 Å². The topological polar surface area (TPSA) is 66.8 Å². The highest BCUT2D eigenvalue weighted by Crippen LogP contribution is 2.37. The van der Waals surface area contributed by atoms with E-state index in [4.69, 9.17) is 9.84 Å². The fourth-order valence-electron chi connectivity index (χ4n) is 2.21. The summed E-state index contributed by atoms with van der Waals surface area (Å²) >= 11 is 0. The third kappa shape index (κ3) is 5.50. The monoisotopic (exact) mass is 244 g/mol. The van der Waals surface area contributed by atoms with Gasteiger partial charge in [0, 0.05) is 18.4 Å². The lowest BCUT2D eigenvalue weighted by Crippen LogP contribution is -2.32. The van der Waals surface area contributed by atoms with Gasteiger partial charge >= 0.3 is 5.97 Å². The summed E-state index contributed by atoms with van der Waals surface area (Å²) in [5, 5.41) is 17.9. The number of carbonyl (C=O) groups is 1. The second kappa shape index (κ2) is 6.97. The van der Waals surface area contributed by atoms with Crippen molar-refractivity contribution in [2.75, 3.05) is 19.8 Å². The van der Waals surface area contributed by atoms with Crippen LogP contribution in [0, 0.1) is 11.3 Å². The minimum absolute atomic E-state index is 0.141. The second-order valence-electron chi connectivity index (χ2n) is 5.52. The third-order valence-electron chi connectivity index (χ3n) is 3.52. The lowest BCUT2D eigenvalue weighted by molar-refractivity contribution is -0.137. The molecule has 4 nitrogen and oxygen atoms in total. The highest BCUT2D eigenvalue weighted by atomic mass is 16.5. The van der Waals surface area contributed by atoms with Gasteiger partial charge in [-0.3, -0.25) is 4.79 Å². The Hall–Kier alpha value is -0.610. The zero-order valence-electron chi connectivity index (χ0n) is 10.7. The van der Waals surface area contributed by atoms with Crippen molar-refractivity contribution in [3.8, 4) is 0 Å². The minimum atomic E-state index is -0.784. The first kappa shape index (κ1) is 14.5. The van der Waals surface area contributed by atoms with Gasteiger partial charge in [0.2, 0.25) is 0 Å². The van der Waals surface area contributed by atoms with E-state index in [9.17, 15) is 9.90 Å². The number of hydrogen-bond acceptors (Lipinski definition) is 3. The SMILES string of the molecule is CC(CO)(COCCCC(=O)O)CC1CCC1. The van der Waals surface area contributed by atoms with Crippen molar-refractivity contribution in [1.29, 1.82) is 0 Å². The highest BCUT2D eigenvalue weighted by Gasteiger charge is 2.30. The van der Waals surface area contributed by atoms with Gasteiger partial charge in [0.25, 0.3) is 0 Å². The summed E-state index contributed by atoms with van der Waals surface area (Å²) in [6.45, 7) is 3.18. The molecule has 1 atom stereocenters. The number of rotatable bonds is 9. The molecule has 1 unspecified atom stereocenters. The molecule has 1 fully saturated rings. The van der Waals surface area contributed by atoms with Gasteiger partial charge in [-0.15, -0.1) is 0 Å². The quantitative estimate of drug-likeness (QED) is 0.609. The lowest BCUT2D eigenvalue weighted by Gasteiger charge is -2.35. The molecule has 0 saturated heterocycles. The van der Waals surface area contributed by atoms with E-state index >= 15 is 0 Å². The van der Waals surface area contributed by atoms with E-state index in [-0.39, 0.29) is 18.4 Å². The number of aliphatic carboxylic acids is 1. The summed E-state index contributed by atoms with van der Waals surface area (Å²) in [5.41, 5.74) is -0.158. The summed E-state index contributed by atoms with van der Waals surface area (Å²) in [5.74, 6) is -0.0391. The lowest BCUT2D eigenvalue weighted by atomic mass is 9.73. The van der Waals surface area contributed by atoms with Crippen LogP contribution >= 0.6 is 0 Å². The third-order valence-corrected chi connectivity index (χ3v) is 3.52. The molecule has 1 saturated carbocycles. The van der Waals surface area contributed by atoms with Crippen molar-refractivity contribution < 1.29 is 19.7 Å². The highest BCUT2D eigenvalue weighted by molar-refractivity contribution is 5.66. The summed E-state index contributed by atoms with van der Waals surface area (Å²) in [7, 11) is 0. The van der Waals surface area contributed by atoms with Gasteiger partial charge in [0.05, 0.1) is 13.2 Å². The fraction of sp³-hybridized carbons (Fsp3) is 0.923. The first-order valence-electron chi connectivity index (χ1n) is 6.46. The Bertz CT molecular complexity index is 238. The molecule has 0 aromatic carbocycles. The van der Waals surface area contributed by atoms with Gasteiger partial charge in [0.15, 0.2) is 0 Å². The van der Waals surface area contributed by atoms with Crippen LogP contribution in [-0.2, 0) is 9.53 Å². The maximum atomic E-state index is 10.3. The Morgan fingerprint density at radius 1 is 1.47 bits per heavy atom. The molecule has 0 heterocycles. The number of aliphatic hydroxyl groups is 1. The van der Waals surface area contributed by atoms with Gasteiger partial charge in [-0.25, -0.2) is 0 Å². The molecule has 0 radical (unpaired) electrons. The maximum absolute atomic E-state index is 10.3. The molecular weight excluding hydrogens is 220 g/mol. The van der Waals surface area contributed by atoms with E-state index in [0.29, 0.717) is 19.6 Å². The van der Waals surface area contributed by atoms with E-state index in [1.807, 2.05) is 6.92 Å². The van der Waals surface area contributed by atoms with E-state index in [2.05, 4.69) is 0 Å². The molecule has 100 valence electrons. The van der Waals surface area contributed by atoms with Gasteiger partial charge in [-0.1, -0.05) is 26.2 Å². The summed E-state index contributed by atoms with van der Waals surface area (Å²) < 4.78 is 5.49. The molecule has 2 N–H and O–H groups in total. The van der Waals surface area contributed by atoms with E-state index < -0.39 is 5.97 Å². The van der Waals surface area contributed by atoms with Crippen LogP contribution in [0.15, 0.2) is 0 Å². The Balaban J connectivity index is 2.13. The standard InChI is InChI=1S/C13H24O4/c1-13(9-14,8-11-4-2-5-11)10-17-7-3-6-12(15)16/h11,14H,2-10H2,1H3,(H,15,16). The molecular formula is C13H24O4. The van der Waals surface area contributed by atoms with E-state index in [0.717, 1.165) is 12.3 Å². The van der Waals surface area contributed by atoms with Crippen LogP contribution in [0.5, 0.6) is 0 Å². The Morgan fingerprint density at radius 2 is 2.18 bits per heavy atom. The van der Waals surface area contributed by atoms with Crippen LogP contribution in [0.3, 0.4) is 0 Å². The minimum Gasteiger partial charge on any atom is -0.481 e. The Labute approximate surface area is 103 Å². The van der Waals surface area contributed by atoms with E-state index in [1.54, 1.807) is 0 Å². The second-order valence-corrected chi connectivity index (χ2v) is 5.52. The van der Waals surface area contributed by atoms with Crippen molar-refractivity contribution >= 4 is 5.97 Å². The smallest absolute Gasteiger partial charge is 0.303 e. The van der Waals surface area contributed by atoms with Crippen LogP contribution in [0.25, 0.3) is 0 Å².